The van der Waals surface area contributed by atoms with Crippen LogP contribution in [-0.4, -0.2) is 29.7 Å². The zero-order chi connectivity index (χ0) is 21.3. The number of hydrogen-bond donors (Lipinski definition) is 0. The lowest BCUT2D eigenvalue weighted by Gasteiger charge is -2.29. The average Bonchev–Trinajstić information content (AvgIpc) is 2.81. The van der Waals surface area contributed by atoms with Gasteiger partial charge in [-0.25, -0.2) is 0 Å². The Morgan fingerprint density at radius 1 is 0.733 bits per heavy atom. The molecule has 0 aliphatic rings. The lowest BCUT2D eigenvalue weighted by molar-refractivity contribution is -0.144. The second-order valence-electron chi connectivity index (χ2n) is 7.07. The molecule has 0 saturated heterocycles. The van der Waals surface area contributed by atoms with Gasteiger partial charge in [-0.1, -0.05) is 91.0 Å². The van der Waals surface area contributed by atoms with Crippen LogP contribution < -0.4 is 10.6 Å². The van der Waals surface area contributed by atoms with Crippen molar-refractivity contribution >= 4 is 30.2 Å². The van der Waals surface area contributed by atoms with E-state index in [0.29, 0.717) is 13.1 Å². The van der Waals surface area contributed by atoms with Crippen LogP contribution in [0.1, 0.15) is 31.5 Å². The molecule has 4 heteroatoms. The van der Waals surface area contributed by atoms with Gasteiger partial charge in [0.1, 0.15) is 0 Å². The summed E-state index contributed by atoms with van der Waals surface area (Å²) in [7, 11) is -0.867. The third kappa shape index (κ3) is 5.23. The lowest BCUT2D eigenvalue weighted by atomic mass is 10.1. The number of carbonyl (C=O) groups is 2. The topological polar surface area (TPSA) is 37.4 Å². The molecular formula is C26H28NO2P. The summed E-state index contributed by atoms with van der Waals surface area (Å²) in [6, 6.07) is 30.8. The summed E-state index contributed by atoms with van der Waals surface area (Å²) in [5.41, 5.74) is 1.02. The number of carbonyl (C=O) groups excluding carboxylic acids is 2. The average molecular weight is 417 g/mol. The minimum atomic E-state index is -0.867. The minimum Gasteiger partial charge on any atom is -0.337 e. The number of rotatable bonds is 9. The van der Waals surface area contributed by atoms with Crippen LogP contribution in [-0.2, 0) is 9.59 Å². The van der Waals surface area contributed by atoms with Crippen molar-refractivity contribution in [3.05, 3.63) is 96.6 Å². The van der Waals surface area contributed by atoms with Crippen LogP contribution in [0.3, 0.4) is 0 Å². The van der Waals surface area contributed by atoms with Crippen molar-refractivity contribution in [1.29, 1.82) is 0 Å². The number of ketones is 1. The Balaban J connectivity index is 2.05. The van der Waals surface area contributed by atoms with E-state index in [2.05, 4.69) is 36.4 Å². The van der Waals surface area contributed by atoms with Crippen LogP contribution in [0.5, 0.6) is 0 Å². The summed E-state index contributed by atoms with van der Waals surface area (Å²) < 4.78 is 0. The van der Waals surface area contributed by atoms with Gasteiger partial charge in [0.05, 0.1) is 0 Å². The Hall–Kier alpha value is -2.77. The van der Waals surface area contributed by atoms with Gasteiger partial charge in [-0.3, -0.25) is 9.59 Å². The van der Waals surface area contributed by atoms with E-state index in [-0.39, 0.29) is 23.8 Å². The highest BCUT2D eigenvalue weighted by atomic mass is 31.1. The molecule has 1 atom stereocenters. The van der Waals surface area contributed by atoms with Crippen molar-refractivity contribution in [2.24, 2.45) is 0 Å². The highest BCUT2D eigenvalue weighted by Crippen LogP contribution is 2.51. The predicted molar refractivity (Wildman–Crippen MR) is 126 cm³/mol. The van der Waals surface area contributed by atoms with Crippen molar-refractivity contribution in [3.63, 3.8) is 0 Å². The summed E-state index contributed by atoms with van der Waals surface area (Å²) in [4.78, 5) is 27.4. The normalized spacial score (nSPS) is 11.8. The molecule has 0 unspecified atom stereocenters. The fraction of sp³-hybridized carbons (Fsp3) is 0.231. The molecule has 0 radical (unpaired) electrons. The maximum atomic E-state index is 13.1. The molecule has 0 fully saturated rings. The Morgan fingerprint density at radius 3 is 1.60 bits per heavy atom. The summed E-state index contributed by atoms with van der Waals surface area (Å²) in [5, 5.41) is 2.41. The fourth-order valence-corrected chi connectivity index (χ4v) is 6.49. The summed E-state index contributed by atoms with van der Waals surface area (Å²) in [6.07, 6.45) is 0.203. The lowest BCUT2D eigenvalue weighted by Crippen LogP contribution is -2.37. The maximum absolute atomic E-state index is 13.1. The molecule has 0 aliphatic carbocycles. The van der Waals surface area contributed by atoms with E-state index in [1.165, 1.54) is 10.6 Å². The third-order valence-corrected chi connectivity index (χ3v) is 8.05. The zero-order valence-corrected chi connectivity index (χ0v) is 18.5. The van der Waals surface area contributed by atoms with E-state index in [0.717, 1.165) is 5.56 Å². The van der Waals surface area contributed by atoms with Gasteiger partial charge in [-0.05, 0) is 37.9 Å². The molecule has 3 aromatic carbocycles. The van der Waals surface area contributed by atoms with Gasteiger partial charge in [0.2, 0.25) is 5.78 Å². The summed E-state index contributed by atoms with van der Waals surface area (Å²) in [6.45, 7) is 4.90. The monoisotopic (exact) mass is 417 g/mol. The highest BCUT2D eigenvalue weighted by Gasteiger charge is 2.31. The fourth-order valence-electron chi connectivity index (χ4n) is 3.67. The van der Waals surface area contributed by atoms with Crippen molar-refractivity contribution < 1.29 is 9.59 Å². The summed E-state index contributed by atoms with van der Waals surface area (Å²) in [5.74, 6) is -0.691. The Bertz CT molecular complexity index is 901. The van der Waals surface area contributed by atoms with Crippen LogP contribution in [0, 0.1) is 0 Å². The number of hydrogen-bond acceptors (Lipinski definition) is 2. The predicted octanol–water partition coefficient (Wildman–Crippen LogP) is 4.69. The van der Waals surface area contributed by atoms with Crippen molar-refractivity contribution in [1.82, 2.24) is 4.90 Å². The van der Waals surface area contributed by atoms with E-state index in [1.807, 2.05) is 68.4 Å². The van der Waals surface area contributed by atoms with Gasteiger partial charge in [-0.15, -0.1) is 0 Å². The molecule has 3 aromatic rings. The van der Waals surface area contributed by atoms with Gasteiger partial charge in [0.15, 0.2) is 0 Å². The number of amides is 1. The smallest absolute Gasteiger partial charge is 0.289 e. The van der Waals surface area contributed by atoms with Crippen LogP contribution in [0.15, 0.2) is 91.0 Å². The molecule has 3 rings (SSSR count). The first-order valence-corrected chi connectivity index (χ1v) is 11.8. The molecule has 0 spiro atoms. The standard InChI is InChI=1S/C26H28NO2P/c1-3-27(4-2)26(29)24(28)20-25(21-14-8-5-9-15-21)30(22-16-10-6-11-17-22)23-18-12-7-13-19-23/h5-19,25H,3-4,20H2,1-2H3/t25-/m0/s1. The van der Waals surface area contributed by atoms with E-state index < -0.39 is 7.92 Å². The molecule has 0 aliphatic heterocycles. The van der Waals surface area contributed by atoms with Crippen LogP contribution in [0.4, 0.5) is 0 Å². The van der Waals surface area contributed by atoms with Gasteiger partial charge < -0.3 is 4.90 Å². The SMILES string of the molecule is CCN(CC)C(=O)C(=O)C[C@@H](c1ccccc1)P(c1ccccc1)c1ccccc1. The molecule has 0 aromatic heterocycles. The Morgan fingerprint density at radius 2 is 1.17 bits per heavy atom. The van der Waals surface area contributed by atoms with E-state index in [1.54, 1.807) is 4.90 Å². The van der Waals surface area contributed by atoms with Crippen LogP contribution in [0.2, 0.25) is 0 Å². The summed E-state index contributed by atoms with van der Waals surface area (Å²) >= 11 is 0. The van der Waals surface area contributed by atoms with Crippen molar-refractivity contribution in [3.8, 4) is 0 Å². The second-order valence-corrected chi connectivity index (χ2v) is 9.47. The molecule has 0 N–H and O–H groups in total. The molecule has 0 heterocycles. The Kier molecular flexibility index (Phi) is 7.93. The second kappa shape index (κ2) is 10.8. The minimum absolute atomic E-state index is 0.0713. The first-order valence-electron chi connectivity index (χ1n) is 10.4. The van der Waals surface area contributed by atoms with Gasteiger partial charge in [0, 0.05) is 25.2 Å². The van der Waals surface area contributed by atoms with E-state index in [4.69, 9.17) is 0 Å². The quantitative estimate of drug-likeness (QED) is 0.374. The molecular weight excluding hydrogens is 389 g/mol. The first-order chi connectivity index (χ1) is 14.7. The third-order valence-electron chi connectivity index (χ3n) is 5.23. The van der Waals surface area contributed by atoms with E-state index in [9.17, 15) is 9.59 Å². The molecule has 0 saturated carbocycles. The Labute approximate surface area is 180 Å². The molecule has 30 heavy (non-hydrogen) atoms. The van der Waals surface area contributed by atoms with Gasteiger partial charge >= 0.3 is 0 Å². The van der Waals surface area contributed by atoms with Crippen LogP contribution >= 0.6 is 7.92 Å². The van der Waals surface area contributed by atoms with Crippen molar-refractivity contribution in [2.75, 3.05) is 13.1 Å². The molecule has 0 bridgehead atoms. The zero-order valence-electron chi connectivity index (χ0n) is 17.6. The van der Waals surface area contributed by atoms with Gasteiger partial charge in [0.25, 0.3) is 5.91 Å². The number of likely N-dealkylation sites (N-methyl/N-ethyl adjacent to an activating group) is 1. The number of Topliss-reactive ketones (excluding diaryl/α,β-unsaturated/α-hetero) is 1. The first kappa shape index (κ1) is 21.9. The molecule has 154 valence electrons. The van der Waals surface area contributed by atoms with E-state index >= 15 is 0 Å². The van der Waals surface area contributed by atoms with Gasteiger partial charge in [-0.2, -0.15) is 0 Å². The number of benzene rings is 3. The van der Waals surface area contributed by atoms with Crippen LogP contribution in [0.25, 0.3) is 0 Å². The molecule has 3 nitrogen and oxygen atoms in total. The molecule has 1 amide bonds. The maximum Gasteiger partial charge on any atom is 0.289 e. The highest BCUT2D eigenvalue weighted by molar-refractivity contribution is 7.73. The largest absolute Gasteiger partial charge is 0.337 e. The van der Waals surface area contributed by atoms with Crippen molar-refractivity contribution in [2.45, 2.75) is 25.9 Å². The number of nitrogens with zero attached hydrogens (tertiary/aromatic N) is 1.